The molecule has 1 heterocycles. The minimum atomic E-state index is -0.255. The Balaban J connectivity index is 1.93. The predicted molar refractivity (Wildman–Crippen MR) is 76.0 cm³/mol. The Morgan fingerprint density at radius 1 is 1.20 bits per heavy atom. The van der Waals surface area contributed by atoms with E-state index in [4.69, 9.17) is 10.5 Å². The first kappa shape index (κ1) is 14.1. The molecule has 1 amide bonds. The van der Waals surface area contributed by atoms with Crippen LogP contribution in [0.1, 0.15) is 0 Å². The molecule has 2 rings (SSSR count). The second kappa shape index (κ2) is 7.32. The van der Waals surface area contributed by atoms with Gasteiger partial charge >= 0.3 is 0 Å². The number of rotatable bonds is 6. The van der Waals surface area contributed by atoms with Gasteiger partial charge < -0.3 is 15.8 Å². The molecule has 0 bridgehead atoms. The van der Waals surface area contributed by atoms with Gasteiger partial charge in [-0.25, -0.2) is 9.97 Å². The largest absolute Gasteiger partial charge is 0.370 e. The summed E-state index contributed by atoms with van der Waals surface area (Å²) in [5, 5.41) is 2.65. The lowest BCUT2D eigenvalue weighted by Gasteiger charge is -2.06. The van der Waals surface area contributed by atoms with Crippen LogP contribution in [0.4, 0.5) is 5.69 Å². The van der Waals surface area contributed by atoms with E-state index < -0.39 is 0 Å². The van der Waals surface area contributed by atoms with Crippen LogP contribution in [0.2, 0.25) is 0 Å². The molecular weight excluding hydrogens is 256 g/mol. The van der Waals surface area contributed by atoms with Gasteiger partial charge in [-0.3, -0.25) is 4.79 Å². The first-order chi connectivity index (χ1) is 9.79. The van der Waals surface area contributed by atoms with Gasteiger partial charge in [-0.2, -0.15) is 0 Å². The van der Waals surface area contributed by atoms with Crippen molar-refractivity contribution in [2.24, 2.45) is 5.73 Å². The Morgan fingerprint density at radius 2 is 1.90 bits per heavy atom. The van der Waals surface area contributed by atoms with E-state index in [9.17, 15) is 4.79 Å². The van der Waals surface area contributed by atoms with Crippen molar-refractivity contribution in [2.75, 3.05) is 25.1 Å². The molecule has 0 spiro atoms. The van der Waals surface area contributed by atoms with Gasteiger partial charge in [0.1, 0.15) is 6.61 Å². The SMILES string of the molecule is NCCOCC(=O)Nc1cnc(-c2ccccc2)nc1. The highest BCUT2D eigenvalue weighted by molar-refractivity contribution is 5.91. The minimum absolute atomic E-state index is 0.0301. The van der Waals surface area contributed by atoms with E-state index in [1.54, 1.807) is 12.4 Å². The van der Waals surface area contributed by atoms with Gasteiger partial charge in [-0.05, 0) is 0 Å². The third-order valence-corrected chi connectivity index (χ3v) is 2.46. The Kier molecular flexibility index (Phi) is 5.16. The van der Waals surface area contributed by atoms with E-state index in [0.29, 0.717) is 24.7 Å². The minimum Gasteiger partial charge on any atom is -0.370 e. The first-order valence-corrected chi connectivity index (χ1v) is 6.24. The van der Waals surface area contributed by atoms with Gasteiger partial charge in [0, 0.05) is 12.1 Å². The third-order valence-electron chi connectivity index (χ3n) is 2.46. The van der Waals surface area contributed by atoms with Gasteiger partial charge in [-0.1, -0.05) is 30.3 Å². The Bertz CT molecular complexity index is 543. The molecule has 20 heavy (non-hydrogen) atoms. The fourth-order valence-electron chi connectivity index (χ4n) is 1.57. The number of ether oxygens (including phenoxy) is 1. The fraction of sp³-hybridized carbons (Fsp3) is 0.214. The van der Waals surface area contributed by atoms with Gasteiger partial charge in [-0.15, -0.1) is 0 Å². The van der Waals surface area contributed by atoms with Crippen LogP contribution in [0.15, 0.2) is 42.7 Å². The van der Waals surface area contributed by atoms with Gasteiger partial charge in [0.15, 0.2) is 5.82 Å². The van der Waals surface area contributed by atoms with E-state index in [1.807, 2.05) is 30.3 Å². The molecule has 0 fully saturated rings. The third kappa shape index (κ3) is 4.11. The number of aromatic nitrogens is 2. The maximum absolute atomic E-state index is 11.5. The zero-order valence-electron chi connectivity index (χ0n) is 11.0. The predicted octanol–water partition coefficient (Wildman–Crippen LogP) is 1.06. The van der Waals surface area contributed by atoms with E-state index in [0.717, 1.165) is 5.56 Å². The van der Waals surface area contributed by atoms with Crippen LogP contribution in [0.25, 0.3) is 11.4 Å². The van der Waals surface area contributed by atoms with Crippen molar-refractivity contribution in [3.63, 3.8) is 0 Å². The lowest BCUT2D eigenvalue weighted by molar-refractivity contribution is -0.120. The van der Waals surface area contributed by atoms with Crippen molar-refractivity contribution in [1.82, 2.24) is 9.97 Å². The summed E-state index contributed by atoms with van der Waals surface area (Å²) in [6.45, 7) is 0.719. The molecule has 0 saturated carbocycles. The molecule has 0 atom stereocenters. The average Bonchev–Trinajstić information content (AvgIpc) is 2.49. The van der Waals surface area contributed by atoms with E-state index in [1.165, 1.54) is 0 Å². The molecule has 104 valence electrons. The molecule has 0 saturated heterocycles. The summed E-state index contributed by atoms with van der Waals surface area (Å²) in [6, 6.07) is 9.62. The van der Waals surface area contributed by atoms with Crippen molar-refractivity contribution in [3.8, 4) is 11.4 Å². The molecular formula is C14H16N4O2. The number of nitrogens with two attached hydrogens (primary N) is 1. The highest BCUT2D eigenvalue weighted by Crippen LogP contribution is 2.14. The zero-order chi connectivity index (χ0) is 14.2. The number of carbonyl (C=O) groups excluding carboxylic acids is 1. The standard InChI is InChI=1S/C14H16N4O2/c15-6-7-20-10-13(19)18-12-8-16-14(17-9-12)11-4-2-1-3-5-11/h1-5,8-9H,6-7,10,15H2,(H,18,19). The van der Waals surface area contributed by atoms with Crippen LogP contribution in [0.5, 0.6) is 0 Å². The number of anilines is 1. The number of amides is 1. The second-order valence-corrected chi connectivity index (χ2v) is 4.05. The Hall–Kier alpha value is -2.31. The smallest absolute Gasteiger partial charge is 0.250 e. The van der Waals surface area contributed by atoms with Crippen molar-refractivity contribution in [1.29, 1.82) is 0 Å². The average molecular weight is 272 g/mol. The fourth-order valence-corrected chi connectivity index (χ4v) is 1.57. The molecule has 0 aliphatic rings. The van der Waals surface area contributed by atoms with E-state index in [2.05, 4.69) is 15.3 Å². The van der Waals surface area contributed by atoms with Crippen LogP contribution >= 0.6 is 0 Å². The summed E-state index contributed by atoms with van der Waals surface area (Å²) >= 11 is 0. The number of hydrogen-bond acceptors (Lipinski definition) is 5. The number of hydrogen-bond donors (Lipinski definition) is 2. The second-order valence-electron chi connectivity index (χ2n) is 4.05. The Labute approximate surface area is 117 Å². The first-order valence-electron chi connectivity index (χ1n) is 6.24. The van der Waals surface area contributed by atoms with Gasteiger partial charge in [0.25, 0.3) is 0 Å². The molecule has 6 nitrogen and oxygen atoms in total. The van der Waals surface area contributed by atoms with Gasteiger partial charge in [0.05, 0.1) is 24.7 Å². The molecule has 0 unspecified atom stereocenters. The topological polar surface area (TPSA) is 90.1 Å². The molecule has 1 aromatic heterocycles. The van der Waals surface area contributed by atoms with Crippen LogP contribution in [0, 0.1) is 0 Å². The monoisotopic (exact) mass is 272 g/mol. The van der Waals surface area contributed by atoms with Crippen LogP contribution in [-0.2, 0) is 9.53 Å². The summed E-state index contributed by atoms with van der Waals surface area (Å²) in [5.74, 6) is 0.359. The summed E-state index contributed by atoms with van der Waals surface area (Å²) < 4.78 is 5.03. The van der Waals surface area contributed by atoms with Crippen LogP contribution in [-0.4, -0.2) is 35.6 Å². The number of benzene rings is 1. The molecule has 3 N–H and O–H groups in total. The highest BCUT2D eigenvalue weighted by atomic mass is 16.5. The van der Waals surface area contributed by atoms with Gasteiger partial charge in [0.2, 0.25) is 5.91 Å². The molecule has 0 radical (unpaired) electrons. The summed E-state index contributed by atoms with van der Waals surface area (Å²) in [5.41, 5.74) is 6.72. The van der Waals surface area contributed by atoms with E-state index >= 15 is 0 Å². The van der Waals surface area contributed by atoms with Crippen molar-refractivity contribution in [3.05, 3.63) is 42.7 Å². The summed E-state index contributed by atoms with van der Waals surface area (Å²) in [6.07, 6.45) is 3.13. The molecule has 1 aromatic carbocycles. The van der Waals surface area contributed by atoms with Crippen LogP contribution < -0.4 is 11.1 Å². The molecule has 0 aliphatic heterocycles. The molecule has 6 heteroatoms. The molecule has 2 aromatic rings. The lowest BCUT2D eigenvalue weighted by atomic mass is 10.2. The number of nitrogens with one attached hydrogen (secondary N) is 1. The van der Waals surface area contributed by atoms with E-state index in [-0.39, 0.29) is 12.5 Å². The van der Waals surface area contributed by atoms with Crippen LogP contribution in [0.3, 0.4) is 0 Å². The van der Waals surface area contributed by atoms with Crippen molar-refractivity contribution in [2.45, 2.75) is 0 Å². The Morgan fingerprint density at radius 3 is 2.55 bits per heavy atom. The number of carbonyl (C=O) groups is 1. The molecule has 0 aliphatic carbocycles. The summed E-state index contributed by atoms with van der Waals surface area (Å²) in [4.78, 5) is 19.9. The quantitative estimate of drug-likeness (QED) is 0.767. The zero-order valence-corrected chi connectivity index (χ0v) is 11.0. The summed E-state index contributed by atoms with van der Waals surface area (Å²) in [7, 11) is 0. The highest BCUT2D eigenvalue weighted by Gasteiger charge is 2.04. The van der Waals surface area contributed by atoms with Crippen molar-refractivity contribution >= 4 is 11.6 Å². The number of nitrogens with zero attached hydrogens (tertiary/aromatic N) is 2. The normalized spacial score (nSPS) is 10.2. The maximum atomic E-state index is 11.5. The van der Waals surface area contributed by atoms with Crippen molar-refractivity contribution < 1.29 is 9.53 Å². The lowest BCUT2D eigenvalue weighted by Crippen LogP contribution is -2.20. The maximum Gasteiger partial charge on any atom is 0.250 e.